The number of carbonyl (C=O) groups is 1. The van der Waals surface area contributed by atoms with Crippen LogP contribution in [-0.2, 0) is 11.3 Å². The summed E-state index contributed by atoms with van der Waals surface area (Å²) < 4.78 is 35.4. The van der Waals surface area contributed by atoms with E-state index < -0.39 is 22.9 Å². The van der Waals surface area contributed by atoms with Gasteiger partial charge in [-0.25, -0.2) is 18.4 Å². The lowest BCUT2D eigenvalue weighted by atomic mass is 10.0. The second-order valence-corrected chi connectivity index (χ2v) is 11.3. The van der Waals surface area contributed by atoms with Crippen LogP contribution in [0.2, 0.25) is 5.02 Å². The molecule has 2 aliphatic rings. The van der Waals surface area contributed by atoms with E-state index in [0.717, 1.165) is 6.07 Å². The Kier molecular flexibility index (Phi) is 6.36. The minimum absolute atomic E-state index is 0.177. The molecule has 1 amide bonds. The second kappa shape index (κ2) is 9.23. The van der Waals surface area contributed by atoms with Crippen LogP contribution >= 0.6 is 23.4 Å². The molecule has 3 aromatic rings. The second-order valence-electron chi connectivity index (χ2n) is 9.76. The third-order valence-corrected chi connectivity index (χ3v) is 7.51. The van der Waals surface area contributed by atoms with Gasteiger partial charge in [-0.05, 0) is 39.0 Å². The molecular weight excluding hydrogens is 510 g/mol. The van der Waals surface area contributed by atoms with Gasteiger partial charge in [-0.15, -0.1) is 11.8 Å². The molecule has 0 saturated carbocycles. The Balaban J connectivity index is 1.57. The molecule has 36 heavy (non-hydrogen) atoms. The van der Waals surface area contributed by atoms with Crippen LogP contribution in [0.5, 0.6) is 0 Å². The number of hydrogen-bond acceptors (Lipinski definition) is 6. The lowest BCUT2D eigenvalue weighted by Gasteiger charge is -2.37. The van der Waals surface area contributed by atoms with Crippen molar-refractivity contribution < 1.29 is 18.3 Å². The largest absolute Gasteiger partial charge is 0.444 e. The van der Waals surface area contributed by atoms with Crippen LogP contribution < -0.4 is 10.6 Å². The van der Waals surface area contributed by atoms with Crippen molar-refractivity contribution in [1.29, 1.82) is 0 Å². The molecule has 0 unspecified atom stereocenters. The third kappa shape index (κ3) is 4.52. The molecule has 1 aromatic heterocycles. The molecule has 7 nitrogen and oxygen atoms in total. The Morgan fingerprint density at radius 3 is 2.50 bits per heavy atom. The average molecular weight is 535 g/mol. The smallest absolute Gasteiger partial charge is 0.410 e. The van der Waals surface area contributed by atoms with E-state index in [1.54, 1.807) is 15.5 Å². The van der Waals surface area contributed by atoms with E-state index in [2.05, 4.69) is 4.98 Å². The van der Waals surface area contributed by atoms with Crippen molar-refractivity contribution in [3.05, 3.63) is 51.4 Å². The van der Waals surface area contributed by atoms with Gasteiger partial charge in [-0.1, -0.05) is 11.6 Å². The minimum atomic E-state index is -0.722. The summed E-state index contributed by atoms with van der Waals surface area (Å²) in [6.07, 6.45) is -0.377. The fourth-order valence-electron chi connectivity index (χ4n) is 4.56. The monoisotopic (exact) mass is 534 g/mol. The molecular formula is C25H25ClF2N4O3S. The molecule has 190 valence electrons. The zero-order valence-corrected chi connectivity index (χ0v) is 21.7. The van der Waals surface area contributed by atoms with E-state index in [-0.39, 0.29) is 16.7 Å². The Bertz CT molecular complexity index is 1430. The molecule has 0 N–H and O–H groups in total. The number of hydrogen-bond donors (Lipinski definition) is 0. The molecule has 2 aliphatic heterocycles. The van der Waals surface area contributed by atoms with E-state index in [4.69, 9.17) is 16.3 Å². The Morgan fingerprint density at radius 2 is 1.83 bits per heavy atom. The van der Waals surface area contributed by atoms with Gasteiger partial charge >= 0.3 is 11.8 Å². The predicted octanol–water partition coefficient (Wildman–Crippen LogP) is 5.16. The van der Waals surface area contributed by atoms with E-state index in [9.17, 15) is 18.4 Å². The summed E-state index contributed by atoms with van der Waals surface area (Å²) >= 11 is 8.19. The predicted molar refractivity (Wildman–Crippen MR) is 137 cm³/mol. The first kappa shape index (κ1) is 24.8. The van der Waals surface area contributed by atoms with Gasteiger partial charge in [0.25, 0.3) is 0 Å². The lowest BCUT2D eigenvalue weighted by Crippen LogP contribution is -2.50. The van der Waals surface area contributed by atoms with E-state index in [1.807, 2.05) is 25.7 Å². The number of rotatable bonds is 2. The van der Waals surface area contributed by atoms with Crippen molar-refractivity contribution >= 4 is 46.2 Å². The number of amides is 1. The molecule has 5 rings (SSSR count). The van der Waals surface area contributed by atoms with Gasteiger partial charge in [0.05, 0.1) is 10.5 Å². The molecule has 0 bridgehead atoms. The maximum absolute atomic E-state index is 14.8. The Labute approximate surface area is 216 Å². The van der Waals surface area contributed by atoms with Gasteiger partial charge in [-0.3, -0.25) is 4.57 Å². The lowest BCUT2D eigenvalue weighted by molar-refractivity contribution is 0.0240. The van der Waals surface area contributed by atoms with Gasteiger partial charge in [0.1, 0.15) is 23.1 Å². The number of piperazine rings is 1. The quantitative estimate of drug-likeness (QED) is 0.452. The normalized spacial score (nSPS) is 15.9. The molecule has 2 aromatic carbocycles. The third-order valence-electron chi connectivity index (χ3n) is 6.14. The number of thioether (sulfide) groups is 1. The number of nitrogens with zero attached hydrogens (tertiary/aromatic N) is 4. The highest BCUT2D eigenvalue weighted by Crippen LogP contribution is 2.46. The highest BCUT2D eigenvalue weighted by Gasteiger charge is 2.30. The number of halogens is 3. The van der Waals surface area contributed by atoms with Crippen LogP contribution in [0.25, 0.3) is 22.0 Å². The molecule has 0 radical (unpaired) electrons. The van der Waals surface area contributed by atoms with Crippen molar-refractivity contribution in [3.8, 4) is 11.1 Å². The summed E-state index contributed by atoms with van der Waals surface area (Å²) in [4.78, 5) is 34.2. The van der Waals surface area contributed by atoms with Crippen molar-refractivity contribution in [2.45, 2.75) is 37.8 Å². The van der Waals surface area contributed by atoms with Gasteiger partial charge in [0.15, 0.2) is 0 Å². The number of ether oxygens (including phenoxy) is 1. The topological polar surface area (TPSA) is 67.7 Å². The zero-order valence-electron chi connectivity index (χ0n) is 20.1. The van der Waals surface area contributed by atoms with Crippen molar-refractivity contribution in [2.24, 2.45) is 0 Å². The van der Waals surface area contributed by atoms with Crippen LogP contribution in [0.15, 0.2) is 34.0 Å². The first-order valence-electron chi connectivity index (χ1n) is 11.6. The SMILES string of the molecule is CC(C)(C)OC(=O)N1CCN(c2nc(=O)n3c4c(c(-c5ccc(F)cc5F)c(Cl)cc24)SCC3)CC1. The summed E-state index contributed by atoms with van der Waals surface area (Å²) in [7, 11) is 0. The average Bonchev–Trinajstić information content (AvgIpc) is 2.81. The van der Waals surface area contributed by atoms with E-state index in [1.165, 1.54) is 23.9 Å². The van der Waals surface area contributed by atoms with Crippen molar-refractivity contribution in [3.63, 3.8) is 0 Å². The summed E-state index contributed by atoms with van der Waals surface area (Å²) in [6.45, 7) is 7.66. The van der Waals surface area contributed by atoms with Crippen LogP contribution in [0.1, 0.15) is 20.8 Å². The van der Waals surface area contributed by atoms with Crippen LogP contribution in [0.3, 0.4) is 0 Å². The molecule has 1 saturated heterocycles. The van der Waals surface area contributed by atoms with Crippen molar-refractivity contribution in [1.82, 2.24) is 14.5 Å². The minimum Gasteiger partial charge on any atom is -0.444 e. The molecule has 0 atom stereocenters. The number of carbonyl (C=O) groups excluding carboxylic acids is 1. The van der Waals surface area contributed by atoms with E-state index >= 15 is 0 Å². The number of aryl methyl sites for hydroxylation is 1. The van der Waals surface area contributed by atoms with Gasteiger partial charge < -0.3 is 14.5 Å². The first-order chi connectivity index (χ1) is 17.0. The van der Waals surface area contributed by atoms with Crippen LogP contribution in [-0.4, -0.2) is 58.1 Å². The first-order valence-corrected chi connectivity index (χ1v) is 13.0. The number of aromatic nitrogens is 2. The summed E-state index contributed by atoms with van der Waals surface area (Å²) in [5.41, 5.74) is 0.263. The van der Waals surface area contributed by atoms with Gasteiger partial charge in [0.2, 0.25) is 0 Å². The molecule has 3 heterocycles. The molecule has 0 aliphatic carbocycles. The molecule has 11 heteroatoms. The summed E-state index contributed by atoms with van der Waals surface area (Å²) in [5.74, 6) is -0.330. The molecule has 1 fully saturated rings. The fraction of sp³-hybridized carbons (Fsp3) is 0.400. The number of benzene rings is 2. The Morgan fingerprint density at radius 1 is 1.11 bits per heavy atom. The standard InChI is InChI=1S/C25H25ClF2N4O3S/c1-25(2,3)35-24(34)31-8-6-30(7-9-31)22-16-13-17(26)19(15-5-4-14(27)12-18(15)28)21-20(16)32(10-11-36-21)23(33)29-22/h4-5,12-13H,6-11H2,1-3H3. The zero-order chi connectivity index (χ0) is 25.8. The highest BCUT2D eigenvalue weighted by atomic mass is 35.5. The van der Waals surface area contributed by atoms with Crippen LogP contribution in [0, 0.1) is 11.6 Å². The maximum Gasteiger partial charge on any atom is 0.410 e. The van der Waals surface area contributed by atoms with Gasteiger partial charge in [-0.2, -0.15) is 4.98 Å². The van der Waals surface area contributed by atoms with Crippen LogP contribution in [0.4, 0.5) is 19.4 Å². The van der Waals surface area contributed by atoms with Gasteiger partial charge in [0, 0.05) is 66.0 Å². The highest BCUT2D eigenvalue weighted by molar-refractivity contribution is 7.99. The number of anilines is 1. The van der Waals surface area contributed by atoms with Crippen molar-refractivity contribution in [2.75, 3.05) is 36.8 Å². The summed E-state index contributed by atoms with van der Waals surface area (Å²) in [6, 6.07) is 5.08. The fourth-order valence-corrected chi connectivity index (χ4v) is 6.12. The Hall–Kier alpha value is -2.85. The summed E-state index contributed by atoms with van der Waals surface area (Å²) in [5, 5.41) is 0.969. The molecule has 0 spiro atoms. The van der Waals surface area contributed by atoms with E-state index in [0.29, 0.717) is 65.7 Å². The maximum atomic E-state index is 14.8.